The molecule has 1 saturated carbocycles. The summed E-state index contributed by atoms with van der Waals surface area (Å²) in [6.07, 6.45) is 10.6. The van der Waals surface area contributed by atoms with Gasteiger partial charge in [0.15, 0.2) is 5.78 Å². The maximum atomic E-state index is 13.3. The lowest BCUT2D eigenvalue weighted by Gasteiger charge is -2.30. The van der Waals surface area contributed by atoms with Crippen LogP contribution in [0.15, 0.2) is 41.5 Å². The Hall–Kier alpha value is -1.38. The van der Waals surface area contributed by atoms with Gasteiger partial charge < -0.3 is 4.90 Å². The van der Waals surface area contributed by atoms with E-state index in [1.165, 1.54) is 12.0 Å². The quantitative estimate of drug-likeness (QED) is 0.545. The molecule has 1 atom stereocenters. The van der Waals surface area contributed by atoms with Gasteiger partial charge in [-0.15, -0.1) is 0 Å². The largest absolute Gasteiger partial charge is 0.309 e. The number of halogens is 1. The first kappa shape index (κ1) is 17.4. The summed E-state index contributed by atoms with van der Waals surface area (Å²) in [5, 5.41) is 0.728. The first-order valence-electron chi connectivity index (χ1n) is 8.86. The molecule has 0 spiro atoms. The lowest BCUT2D eigenvalue weighted by atomic mass is 9.74. The number of allylic oxidation sites excluding steroid dienone is 3. The zero-order valence-corrected chi connectivity index (χ0v) is 15.4. The number of Topliss-reactive ketones (excluding diaryl/α,β-unsaturated/α-hetero) is 1. The smallest absolute Gasteiger partial charge is 0.169 e. The van der Waals surface area contributed by atoms with Gasteiger partial charge in [-0.25, -0.2) is 0 Å². The Kier molecular flexibility index (Phi) is 5.27. The van der Waals surface area contributed by atoms with Crippen LogP contribution in [-0.4, -0.2) is 31.3 Å². The van der Waals surface area contributed by atoms with Crippen molar-refractivity contribution >= 4 is 23.5 Å². The molecule has 0 unspecified atom stereocenters. The van der Waals surface area contributed by atoms with Gasteiger partial charge in [-0.1, -0.05) is 35.4 Å². The number of carbonyl (C=O) groups excluding carboxylic acids is 1. The second-order valence-electron chi connectivity index (χ2n) is 7.31. The summed E-state index contributed by atoms with van der Waals surface area (Å²) in [7, 11) is 4.17. The minimum atomic E-state index is -0.251. The fourth-order valence-corrected chi connectivity index (χ4v) is 4.13. The van der Waals surface area contributed by atoms with E-state index in [1.54, 1.807) is 0 Å². The van der Waals surface area contributed by atoms with Gasteiger partial charge in [0.1, 0.15) is 0 Å². The molecule has 0 saturated heterocycles. The van der Waals surface area contributed by atoms with E-state index in [2.05, 4.69) is 31.1 Å². The molecule has 3 rings (SSSR count). The van der Waals surface area contributed by atoms with Crippen molar-refractivity contribution in [2.45, 2.75) is 38.5 Å². The molecule has 3 heteroatoms. The normalized spacial score (nSPS) is 25.8. The molecule has 0 aliphatic heterocycles. The molecule has 0 radical (unpaired) electrons. The van der Waals surface area contributed by atoms with Crippen molar-refractivity contribution in [1.29, 1.82) is 0 Å². The van der Waals surface area contributed by atoms with Crippen molar-refractivity contribution in [2.24, 2.45) is 5.41 Å². The predicted molar refractivity (Wildman–Crippen MR) is 101 cm³/mol. The van der Waals surface area contributed by atoms with Crippen LogP contribution in [-0.2, 0) is 4.79 Å². The maximum absolute atomic E-state index is 13.3. The third-order valence-corrected chi connectivity index (χ3v) is 5.65. The van der Waals surface area contributed by atoms with Crippen LogP contribution in [0.25, 0.3) is 6.08 Å². The van der Waals surface area contributed by atoms with Gasteiger partial charge in [0.25, 0.3) is 0 Å². The maximum Gasteiger partial charge on any atom is 0.169 e. The number of ketones is 1. The van der Waals surface area contributed by atoms with Crippen LogP contribution in [0.3, 0.4) is 0 Å². The second-order valence-corrected chi connectivity index (χ2v) is 7.74. The van der Waals surface area contributed by atoms with E-state index in [4.69, 9.17) is 11.6 Å². The van der Waals surface area contributed by atoms with Gasteiger partial charge in [0.05, 0.1) is 5.41 Å². The SMILES string of the molecule is CN(C)CC[C@@]1(C2=CCCC2)CC/C(=C/c2ccc(Cl)cc2)C1=O. The summed E-state index contributed by atoms with van der Waals surface area (Å²) in [4.78, 5) is 15.5. The van der Waals surface area contributed by atoms with Crippen molar-refractivity contribution in [3.8, 4) is 0 Å². The molecule has 0 amide bonds. The van der Waals surface area contributed by atoms with E-state index in [9.17, 15) is 4.79 Å². The number of rotatable bonds is 5. The van der Waals surface area contributed by atoms with Gasteiger partial charge in [0, 0.05) is 5.02 Å². The Bertz CT molecular complexity index is 672. The molecule has 2 nitrogen and oxygen atoms in total. The Morgan fingerprint density at radius 1 is 1.21 bits per heavy atom. The fraction of sp³-hybridized carbons (Fsp3) is 0.476. The van der Waals surface area contributed by atoms with Crippen LogP contribution in [0, 0.1) is 5.41 Å². The average molecular weight is 344 g/mol. The standard InChI is InChI=1S/C21H26ClNO/c1-23(2)14-13-21(18-5-3-4-6-18)12-11-17(20(21)24)15-16-7-9-19(22)10-8-16/h5,7-10,15H,3-4,6,11-14H2,1-2H3/b17-15-/t21-/m1/s1. The Morgan fingerprint density at radius 3 is 2.58 bits per heavy atom. The van der Waals surface area contributed by atoms with Crippen LogP contribution in [0.4, 0.5) is 0 Å². The number of carbonyl (C=O) groups is 1. The molecule has 24 heavy (non-hydrogen) atoms. The molecule has 128 valence electrons. The highest BCUT2D eigenvalue weighted by atomic mass is 35.5. The predicted octanol–water partition coefficient (Wildman–Crippen LogP) is 5.13. The molecule has 2 aliphatic rings. The summed E-state index contributed by atoms with van der Waals surface area (Å²) in [5.41, 5.74) is 3.18. The highest BCUT2D eigenvalue weighted by molar-refractivity contribution is 6.30. The summed E-state index contributed by atoms with van der Waals surface area (Å²) in [6, 6.07) is 7.73. The van der Waals surface area contributed by atoms with E-state index in [1.807, 2.05) is 24.3 Å². The van der Waals surface area contributed by atoms with E-state index < -0.39 is 0 Å². The Morgan fingerprint density at radius 2 is 1.96 bits per heavy atom. The average Bonchev–Trinajstić information content (AvgIpc) is 3.19. The topological polar surface area (TPSA) is 20.3 Å². The minimum absolute atomic E-state index is 0.251. The second kappa shape index (κ2) is 7.25. The van der Waals surface area contributed by atoms with Crippen LogP contribution < -0.4 is 0 Å². The number of hydrogen-bond donors (Lipinski definition) is 0. The lowest BCUT2D eigenvalue weighted by Crippen LogP contribution is -2.32. The molecule has 1 aromatic carbocycles. The summed E-state index contributed by atoms with van der Waals surface area (Å²) in [5.74, 6) is 0.354. The third-order valence-electron chi connectivity index (χ3n) is 5.40. The van der Waals surface area contributed by atoms with Crippen LogP contribution in [0.5, 0.6) is 0 Å². The van der Waals surface area contributed by atoms with Crippen molar-refractivity contribution in [1.82, 2.24) is 4.90 Å². The number of benzene rings is 1. The van der Waals surface area contributed by atoms with E-state index >= 15 is 0 Å². The third kappa shape index (κ3) is 3.50. The van der Waals surface area contributed by atoms with E-state index in [0.717, 1.165) is 54.8 Å². The lowest BCUT2D eigenvalue weighted by molar-refractivity contribution is -0.121. The van der Waals surface area contributed by atoms with Crippen molar-refractivity contribution in [2.75, 3.05) is 20.6 Å². The van der Waals surface area contributed by atoms with Crippen LogP contribution >= 0.6 is 11.6 Å². The molecular formula is C21H26ClNO. The molecule has 0 heterocycles. The first-order valence-corrected chi connectivity index (χ1v) is 9.24. The molecular weight excluding hydrogens is 318 g/mol. The van der Waals surface area contributed by atoms with E-state index in [-0.39, 0.29) is 5.41 Å². The van der Waals surface area contributed by atoms with Gasteiger partial charge in [-0.3, -0.25) is 4.79 Å². The summed E-state index contributed by atoms with van der Waals surface area (Å²) in [6.45, 7) is 0.956. The van der Waals surface area contributed by atoms with E-state index in [0.29, 0.717) is 5.78 Å². The fourth-order valence-electron chi connectivity index (χ4n) is 4.01. The summed E-state index contributed by atoms with van der Waals surface area (Å²) < 4.78 is 0. The molecule has 2 aliphatic carbocycles. The molecule has 1 fully saturated rings. The minimum Gasteiger partial charge on any atom is -0.309 e. The van der Waals surface area contributed by atoms with Crippen LogP contribution in [0.2, 0.25) is 5.02 Å². The zero-order chi connectivity index (χ0) is 17.2. The highest BCUT2D eigenvalue weighted by Gasteiger charge is 2.47. The zero-order valence-electron chi connectivity index (χ0n) is 14.6. The number of hydrogen-bond acceptors (Lipinski definition) is 2. The van der Waals surface area contributed by atoms with Crippen LogP contribution in [0.1, 0.15) is 44.1 Å². The van der Waals surface area contributed by atoms with Gasteiger partial charge >= 0.3 is 0 Å². The first-order chi connectivity index (χ1) is 11.5. The van der Waals surface area contributed by atoms with Crippen molar-refractivity contribution in [3.05, 3.63) is 52.1 Å². The molecule has 1 aromatic rings. The van der Waals surface area contributed by atoms with Crippen molar-refractivity contribution < 1.29 is 4.79 Å². The number of nitrogens with zero attached hydrogens (tertiary/aromatic N) is 1. The van der Waals surface area contributed by atoms with Gasteiger partial charge in [0.2, 0.25) is 0 Å². The Balaban J connectivity index is 1.88. The molecule has 0 bridgehead atoms. The monoisotopic (exact) mass is 343 g/mol. The molecule has 0 aromatic heterocycles. The van der Waals surface area contributed by atoms with Gasteiger partial charge in [-0.05, 0) is 88.5 Å². The Labute approximate surface area is 150 Å². The van der Waals surface area contributed by atoms with Crippen molar-refractivity contribution in [3.63, 3.8) is 0 Å². The van der Waals surface area contributed by atoms with Gasteiger partial charge in [-0.2, -0.15) is 0 Å². The highest BCUT2D eigenvalue weighted by Crippen LogP contribution is 2.50. The molecule has 0 N–H and O–H groups in total. The summed E-state index contributed by atoms with van der Waals surface area (Å²) >= 11 is 5.96.